The van der Waals surface area contributed by atoms with Gasteiger partial charge >= 0.3 is 0 Å². The maximum Gasteiger partial charge on any atom is 0.223 e. The van der Waals surface area contributed by atoms with Crippen molar-refractivity contribution in [3.05, 3.63) is 12.2 Å². The van der Waals surface area contributed by atoms with Crippen LogP contribution in [0, 0.1) is 5.92 Å². The molecular formula is C16H26N2O. The van der Waals surface area contributed by atoms with E-state index in [1.54, 1.807) is 0 Å². The molecule has 3 nitrogen and oxygen atoms in total. The Balaban J connectivity index is 1.45. The molecule has 2 aliphatic carbocycles. The summed E-state index contributed by atoms with van der Waals surface area (Å²) in [7, 11) is 0. The lowest BCUT2D eigenvalue weighted by molar-refractivity contribution is -0.125. The van der Waals surface area contributed by atoms with E-state index in [2.05, 4.69) is 22.4 Å². The number of hydrogen-bond acceptors (Lipinski definition) is 2. The van der Waals surface area contributed by atoms with Crippen LogP contribution in [0.2, 0.25) is 0 Å². The van der Waals surface area contributed by atoms with E-state index in [4.69, 9.17) is 0 Å². The van der Waals surface area contributed by atoms with Crippen LogP contribution in [0.4, 0.5) is 0 Å². The van der Waals surface area contributed by atoms with Gasteiger partial charge in [-0.3, -0.25) is 9.69 Å². The van der Waals surface area contributed by atoms with Crippen LogP contribution in [0.1, 0.15) is 51.4 Å². The molecule has 0 unspecified atom stereocenters. The molecule has 2 fully saturated rings. The van der Waals surface area contributed by atoms with Crippen molar-refractivity contribution in [3.63, 3.8) is 0 Å². The van der Waals surface area contributed by atoms with Gasteiger partial charge in [-0.15, -0.1) is 0 Å². The summed E-state index contributed by atoms with van der Waals surface area (Å²) in [6.07, 6.45) is 14.1. The average molecular weight is 262 g/mol. The monoisotopic (exact) mass is 262 g/mol. The summed E-state index contributed by atoms with van der Waals surface area (Å²) in [6.45, 7) is 2.26. The van der Waals surface area contributed by atoms with Crippen molar-refractivity contribution < 1.29 is 4.79 Å². The van der Waals surface area contributed by atoms with Crippen molar-refractivity contribution in [2.75, 3.05) is 13.1 Å². The molecule has 0 radical (unpaired) electrons. The Morgan fingerprint density at radius 3 is 2.68 bits per heavy atom. The SMILES string of the molecule is O=C(N[C@@H]1CCN(C2CCCC2)C1)[C@H]1CC=CCC1. The molecule has 0 aromatic heterocycles. The van der Waals surface area contributed by atoms with E-state index in [-0.39, 0.29) is 5.92 Å². The van der Waals surface area contributed by atoms with Crippen molar-refractivity contribution in [1.29, 1.82) is 0 Å². The van der Waals surface area contributed by atoms with Crippen molar-refractivity contribution in [3.8, 4) is 0 Å². The molecule has 19 heavy (non-hydrogen) atoms. The van der Waals surface area contributed by atoms with Gasteiger partial charge < -0.3 is 5.32 Å². The number of rotatable bonds is 3. The molecular weight excluding hydrogens is 236 g/mol. The molecule has 0 aromatic rings. The first-order valence-corrected chi connectivity index (χ1v) is 8.02. The summed E-state index contributed by atoms with van der Waals surface area (Å²) in [5, 5.41) is 3.29. The standard InChI is InChI=1S/C16H26N2O/c19-16(13-6-2-1-3-7-13)17-14-10-11-18(12-14)15-8-4-5-9-15/h1-2,13-15H,3-12H2,(H,17,19)/t13-,14+/m0/s1. The molecule has 106 valence electrons. The van der Waals surface area contributed by atoms with Crippen LogP contribution in [-0.4, -0.2) is 36.0 Å². The molecule has 0 bridgehead atoms. The van der Waals surface area contributed by atoms with E-state index in [0.717, 1.165) is 38.3 Å². The summed E-state index contributed by atoms with van der Waals surface area (Å²) in [5.74, 6) is 0.521. The highest BCUT2D eigenvalue weighted by Gasteiger charge is 2.31. The fourth-order valence-electron chi connectivity index (χ4n) is 3.86. The lowest BCUT2D eigenvalue weighted by atomic mass is 9.93. The zero-order chi connectivity index (χ0) is 13.1. The lowest BCUT2D eigenvalue weighted by Crippen LogP contribution is -2.42. The smallest absolute Gasteiger partial charge is 0.223 e. The first kappa shape index (κ1) is 13.2. The van der Waals surface area contributed by atoms with Gasteiger partial charge in [0.05, 0.1) is 0 Å². The highest BCUT2D eigenvalue weighted by Crippen LogP contribution is 2.27. The number of carbonyl (C=O) groups excluding carboxylic acids is 1. The van der Waals surface area contributed by atoms with Gasteiger partial charge in [0.1, 0.15) is 0 Å². The molecule has 1 aliphatic heterocycles. The molecule has 1 amide bonds. The Kier molecular flexibility index (Phi) is 4.21. The van der Waals surface area contributed by atoms with E-state index in [1.807, 2.05) is 0 Å². The zero-order valence-electron chi connectivity index (χ0n) is 11.8. The molecule has 1 N–H and O–H groups in total. The average Bonchev–Trinajstić information content (AvgIpc) is 3.10. The van der Waals surface area contributed by atoms with E-state index >= 15 is 0 Å². The predicted octanol–water partition coefficient (Wildman–Crippen LogP) is 2.48. The number of hydrogen-bond donors (Lipinski definition) is 1. The minimum Gasteiger partial charge on any atom is -0.352 e. The van der Waals surface area contributed by atoms with Gasteiger partial charge in [-0.2, -0.15) is 0 Å². The van der Waals surface area contributed by atoms with Crippen molar-refractivity contribution in [1.82, 2.24) is 10.2 Å². The quantitative estimate of drug-likeness (QED) is 0.793. The lowest BCUT2D eigenvalue weighted by Gasteiger charge is -2.24. The topological polar surface area (TPSA) is 32.3 Å². The fraction of sp³-hybridized carbons (Fsp3) is 0.812. The molecule has 0 spiro atoms. The summed E-state index contributed by atoms with van der Waals surface area (Å²) >= 11 is 0. The van der Waals surface area contributed by atoms with E-state index in [1.165, 1.54) is 32.2 Å². The molecule has 3 rings (SSSR count). The summed E-state index contributed by atoms with van der Waals surface area (Å²) in [5.41, 5.74) is 0. The van der Waals surface area contributed by atoms with Crippen molar-refractivity contribution in [2.24, 2.45) is 5.92 Å². The third kappa shape index (κ3) is 3.19. The van der Waals surface area contributed by atoms with Gasteiger partial charge in [0.15, 0.2) is 0 Å². The van der Waals surface area contributed by atoms with Crippen molar-refractivity contribution in [2.45, 2.75) is 63.5 Å². The minimum absolute atomic E-state index is 0.227. The van der Waals surface area contributed by atoms with E-state index in [9.17, 15) is 4.79 Å². The largest absolute Gasteiger partial charge is 0.352 e. The van der Waals surface area contributed by atoms with Crippen LogP contribution in [0.15, 0.2) is 12.2 Å². The van der Waals surface area contributed by atoms with Gasteiger partial charge in [0, 0.05) is 31.1 Å². The summed E-state index contributed by atoms with van der Waals surface area (Å²) in [4.78, 5) is 14.8. The molecule has 0 aromatic carbocycles. The minimum atomic E-state index is 0.227. The normalized spacial score (nSPS) is 32.8. The fourth-order valence-corrected chi connectivity index (χ4v) is 3.86. The first-order chi connectivity index (χ1) is 9.33. The van der Waals surface area contributed by atoms with Gasteiger partial charge in [-0.1, -0.05) is 25.0 Å². The van der Waals surface area contributed by atoms with Crippen LogP contribution in [0.25, 0.3) is 0 Å². The number of nitrogens with one attached hydrogen (secondary N) is 1. The van der Waals surface area contributed by atoms with E-state index < -0.39 is 0 Å². The van der Waals surface area contributed by atoms with E-state index in [0.29, 0.717) is 11.9 Å². The van der Waals surface area contributed by atoms with Gasteiger partial charge in [0.25, 0.3) is 0 Å². The number of amides is 1. The number of carbonyl (C=O) groups is 1. The maximum absolute atomic E-state index is 12.2. The second-order valence-corrected chi connectivity index (χ2v) is 6.41. The molecule has 1 heterocycles. The second kappa shape index (κ2) is 6.08. The molecule has 1 saturated heterocycles. The molecule has 3 aliphatic rings. The van der Waals surface area contributed by atoms with Gasteiger partial charge in [-0.05, 0) is 38.5 Å². The number of nitrogens with zero attached hydrogens (tertiary/aromatic N) is 1. The highest BCUT2D eigenvalue weighted by atomic mass is 16.1. The van der Waals surface area contributed by atoms with Crippen LogP contribution in [0.3, 0.4) is 0 Å². The van der Waals surface area contributed by atoms with Gasteiger partial charge in [0.2, 0.25) is 5.91 Å². The Labute approximate surface area is 116 Å². The van der Waals surface area contributed by atoms with Crippen LogP contribution in [-0.2, 0) is 4.79 Å². The summed E-state index contributed by atoms with van der Waals surface area (Å²) < 4.78 is 0. The Morgan fingerprint density at radius 2 is 1.95 bits per heavy atom. The molecule has 3 heteroatoms. The molecule has 2 atom stereocenters. The maximum atomic E-state index is 12.2. The van der Waals surface area contributed by atoms with Crippen LogP contribution >= 0.6 is 0 Å². The predicted molar refractivity (Wildman–Crippen MR) is 76.9 cm³/mol. The summed E-state index contributed by atoms with van der Waals surface area (Å²) in [6, 6.07) is 1.21. The Morgan fingerprint density at radius 1 is 1.11 bits per heavy atom. The number of allylic oxidation sites excluding steroid dienone is 2. The Hall–Kier alpha value is -0.830. The third-order valence-electron chi connectivity index (χ3n) is 5.05. The van der Waals surface area contributed by atoms with Crippen LogP contribution in [0.5, 0.6) is 0 Å². The Bertz CT molecular complexity index is 347. The highest BCUT2D eigenvalue weighted by molar-refractivity contribution is 5.79. The molecule has 1 saturated carbocycles. The van der Waals surface area contributed by atoms with Crippen LogP contribution < -0.4 is 5.32 Å². The second-order valence-electron chi connectivity index (χ2n) is 6.41. The van der Waals surface area contributed by atoms with Crippen molar-refractivity contribution >= 4 is 5.91 Å². The number of likely N-dealkylation sites (tertiary alicyclic amines) is 1. The first-order valence-electron chi connectivity index (χ1n) is 8.02. The van der Waals surface area contributed by atoms with Gasteiger partial charge in [-0.25, -0.2) is 0 Å². The third-order valence-corrected chi connectivity index (χ3v) is 5.05. The zero-order valence-corrected chi connectivity index (χ0v) is 11.8.